The van der Waals surface area contributed by atoms with E-state index in [2.05, 4.69) is 16.8 Å². The van der Waals surface area contributed by atoms with Crippen LogP contribution in [0, 0.1) is 0 Å². The Morgan fingerprint density at radius 1 is 1.27 bits per heavy atom. The Balaban J connectivity index is 2.33. The van der Waals surface area contributed by atoms with E-state index >= 15 is 0 Å². The zero-order valence-electron chi connectivity index (χ0n) is 18.4. The molecule has 7 nitrogen and oxygen atoms in total. The van der Waals surface area contributed by atoms with Gasteiger partial charge in [0.15, 0.2) is 0 Å². The summed E-state index contributed by atoms with van der Waals surface area (Å²) in [5.41, 5.74) is 1.28. The second kappa shape index (κ2) is 11.5. The second-order valence-electron chi connectivity index (χ2n) is 7.40. The predicted molar refractivity (Wildman–Crippen MR) is 121 cm³/mol. The lowest BCUT2D eigenvalue weighted by atomic mass is 10.2. The number of hydrogen-bond donors (Lipinski definition) is 1. The first kappa shape index (κ1) is 24.4. The number of benzene rings is 1. The molecule has 1 aliphatic rings. The minimum Gasteiger partial charge on any atom is -0.370 e. The molecule has 1 aromatic rings. The first-order valence-corrected chi connectivity index (χ1v) is 12.2. The summed E-state index contributed by atoms with van der Waals surface area (Å²) in [7, 11) is -3.59. The van der Waals surface area contributed by atoms with Crippen molar-refractivity contribution in [1.82, 2.24) is 4.31 Å². The number of ether oxygens (including phenoxy) is 1. The quantitative estimate of drug-likeness (QED) is 0.422. The van der Waals surface area contributed by atoms with Crippen LogP contribution in [-0.4, -0.2) is 57.5 Å². The van der Waals surface area contributed by atoms with Gasteiger partial charge in [-0.2, -0.15) is 4.31 Å². The van der Waals surface area contributed by atoms with Gasteiger partial charge in [-0.25, -0.2) is 8.42 Å². The van der Waals surface area contributed by atoms with Crippen LogP contribution in [0.1, 0.15) is 46.5 Å². The maximum atomic E-state index is 13.1. The number of rotatable bonds is 11. The van der Waals surface area contributed by atoms with Crippen molar-refractivity contribution < 1.29 is 17.9 Å². The lowest BCUT2D eigenvalue weighted by Gasteiger charge is -2.28. The van der Waals surface area contributed by atoms with Crippen LogP contribution in [-0.2, 0) is 19.6 Å². The van der Waals surface area contributed by atoms with Crippen molar-refractivity contribution >= 4 is 27.3 Å². The third-order valence-electron chi connectivity index (χ3n) is 5.34. The van der Waals surface area contributed by atoms with Gasteiger partial charge in [0.1, 0.15) is 6.10 Å². The van der Waals surface area contributed by atoms with Gasteiger partial charge in [-0.05, 0) is 58.2 Å². The molecular formula is C22H35N3O4S. The van der Waals surface area contributed by atoms with Crippen molar-refractivity contribution in [2.75, 3.05) is 43.0 Å². The lowest BCUT2D eigenvalue weighted by Crippen LogP contribution is -2.36. The normalized spacial score (nSPS) is 16.1. The van der Waals surface area contributed by atoms with E-state index in [-0.39, 0.29) is 10.8 Å². The molecule has 1 amide bonds. The van der Waals surface area contributed by atoms with Gasteiger partial charge < -0.3 is 15.0 Å². The highest BCUT2D eigenvalue weighted by molar-refractivity contribution is 7.89. The second-order valence-corrected chi connectivity index (χ2v) is 9.33. The number of anilines is 2. The molecule has 1 heterocycles. The summed E-state index contributed by atoms with van der Waals surface area (Å²) in [6.45, 7) is 12.3. The molecule has 1 unspecified atom stereocenters. The number of amides is 1. The Labute approximate surface area is 181 Å². The van der Waals surface area contributed by atoms with Crippen LogP contribution in [0.2, 0.25) is 0 Å². The van der Waals surface area contributed by atoms with E-state index in [0.29, 0.717) is 31.8 Å². The minimum absolute atomic E-state index is 0.204. The topological polar surface area (TPSA) is 78.9 Å². The molecule has 2 rings (SSSR count). The first-order valence-electron chi connectivity index (χ1n) is 10.8. The van der Waals surface area contributed by atoms with Crippen LogP contribution in [0.4, 0.5) is 11.4 Å². The minimum atomic E-state index is -3.59. The van der Waals surface area contributed by atoms with Crippen molar-refractivity contribution in [3.63, 3.8) is 0 Å². The van der Waals surface area contributed by atoms with Crippen LogP contribution >= 0.6 is 0 Å². The Morgan fingerprint density at radius 3 is 2.53 bits per heavy atom. The summed E-state index contributed by atoms with van der Waals surface area (Å²) in [5.74, 6) is -0.306. The van der Waals surface area contributed by atoms with E-state index in [1.54, 1.807) is 31.2 Å². The maximum absolute atomic E-state index is 13.1. The van der Waals surface area contributed by atoms with E-state index in [4.69, 9.17) is 4.74 Å². The lowest BCUT2D eigenvalue weighted by molar-refractivity contribution is -0.126. The van der Waals surface area contributed by atoms with E-state index in [0.717, 1.165) is 38.0 Å². The van der Waals surface area contributed by atoms with E-state index < -0.39 is 16.1 Å². The van der Waals surface area contributed by atoms with E-state index in [9.17, 15) is 13.2 Å². The molecule has 1 aromatic carbocycles. The fourth-order valence-corrected chi connectivity index (χ4v) is 5.05. The van der Waals surface area contributed by atoms with Crippen molar-refractivity contribution in [1.29, 1.82) is 0 Å². The SMILES string of the molecule is C=CCCOC(C)C(=O)Nc1cc(S(=O)(=O)N2CCCCC2)ccc1N(CC)CC. The van der Waals surface area contributed by atoms with Gasteiger partial charge in [0, 0.05) is 26.2 Å². The molecule has 0 aliphatic carbocycles. The van der Waals surface area contributed by atoms with E-state index in [1.165, 1.54) is 4.31 Å². The zero-order chi connectivity index (χ0) is 22.1. The maximum Gasteiger partial charge on any atom is 0.253 e. The van der Waals surface area contributed by atoms with Crippen LogP contribution in [0.15, 0.2) is 35.7 Å². The molecule has 1 N–H and O–H groups in total. The van der Waals surface area contributed by atoms with Gasteiger partial charge in [-0.3, -0.25) is 4.79 Å². The summed E-state index contributed by atoms with van der Waals surface area (Å²) < 4.78 is 33.3. The molecule has 168 valence electrons. The van der Waals surface area contributed by atoms with Crippen LogP contribution in [0.5, 0.6) is 0 Å². The molecule has 0 spiro atoms. The smallest absolute Gasteiger partial charge is 0.253 e. The molecule has 1 saturated heterocycles. The molecular weight excluding hydrogens is 402 g/mol. The van der Waals surface area contributed by atoms with Gasteiger partial charge in [0.05, 0.1) is 22.9 Å². The Bertz CT molecular complexity index is 816. The number of sulfonamides is 1. The zero-order valence-corrected chi connectivity index (χ0v) is 19.2. The van der Waals surface area contributed by atoms with Crippen molar-refractivity contribution in [3.05, 3.63) is 30.9 Å². The summed E-state index contributed by atoms with van der Waals surface area (Å²) in [6, 6.07) is 4.99. The number of carbonyl (C=O) groups excluding carboxylic acids is 1. The molecule has 1 atom stereocenters. The fourth-order valence-electron chi connectivity index (χ4n) is 3.51. The molecule has 0 bridgehead atoms. The Hall–Kier alpha value is -1.90. The summed E-state index contributed by atoms with van der Waals surface area (Å²) in [4.78, 5) is 15.0. The monoisotopic (exact) mass is 437 g/mol. The largest absolute Gasteiger partial charge is 0.370 e. The summed E-state index contributed by atoms with van der Waals surface area (Å²) in [5, 5.41) is 2.89. The van der Waals surface area contributed by atoms with Crippen LogP contribution in [0.3, 0.4) is 0 Å². The third-order valence-corrected chi connectivity index (χ3v) is 7.24. The molecule has 0 aromatic heterocycles. The molecule has 30 heavy (non-hydrogen) atoms. The summed E-state index contributed by atoms with van der Waals surface area (Å²) in [6.07, 6.45) is 4.54. The van der Waals surface area contributed by atoms with Crippen LogP contribution < -0.4 is 10.2 Å². The molecule has 0 saturated carbocycles. The Morgan fingerprint density at radius 2 is 1.93 bits per heavy atom. The van der Waals surface area contributed by atoms with Crippen molar-refractivity contribution in [2.24, 2.45) is 0 Å². The average molecular weight is 438 g/mol. The molecule has 1 fully saturated rings. The number of nitrogens with one attached hydrogen (secondary N) is 1. The molecule has 0 radical (unpaired) electrons. The molecule has 8 heteroatoms. The number of nitrogens with zero attached hydrogens (tertiary/aromatic N) is 2. The molecule has 1 aliphatic heterocycles. The highest BCUT2D eigenvalue weighted by atomic mass is 32.2. The van der Waals surface area contributed by atoms with Crippen molar-refractivity contribution in [3.8, 4) is 0 Å². The van der Waals surface area contributed by atoms with Gasteiger partial charge >= 0.3 is 0 Å². The predicted octanol–water partition coefficient (Wildman–Crippen LogP) is 3.63. The highest BCUT2D eigenvalue weighted by Crippen LogP contribution is 2.31. The third kappa shape index (κ3) is 6.06. The van der Waals surface area contributed by atoms with E-state index in [1.807, 2.05) is 13.8 Å². The standard InChI is InChI=1S/C22H35N3O4S/c1-5-8-16-29-18(4)22(26)23-20-17-19(12-13-21(20)24(6-2)7-3)30(27,28)25-14-10-9-11-15-25/h5,12-13,17-18H,1,6-11,14-16H2,2-4H3,(H,23,26). The van der Waals surface area contributed by atoms with Crippen LogP contribution in [0.25, 0.3) is 0 Å². The first-order chi connectivity index (χ1) is 14.3. The number of carbonyl (C=O) groups is 1. The Kier molecular flexibility index (Phi) is 9.33. The fraction of sp³-hybridized carbons (Fsp3) is 0.591. The highest BCUT2D eigenvalue weighted by Gasteiger charge is 2.27. The van der Waals surface area contributed by atoms with Crippen molar-refractivity contribution in [2.45, 2.75) is 57.5 Å². The summed E-state index contributed by atoms with van der Waals surface area (Å²) >= 11 is 0. The average Bonchev–Trinajstić information content (AvgIpc) is 2.76. The van der Waals surface area contributed by atoms with Gasteiger partial charge in [0.25, 0.3) is 5.91 Å². The van der Waals surface area contributed by atoms with Gasteiger partial charge in [-0.1, -0.05) is 12.5 Å². The van der Waals surface area contributed by atoms with Gasteiger partial charge in [0.2, 0.25) is 10.0 Å². The number of piperidine rings is 1. The van der Waals surface area contributed by atoms with Gasteiger partial charge in [-0.15, -0.1) is 6.58 Å². The number of hydrogen-bond acceptors (Lipinski definition) is 5.